The van der Waals surface area contributed by atoms with E-state index in [1.165, 1.54) is 5.56 Å². The summed E-state index contributed by atoms with van der Waals surface area (Å²) >= 11 is 0. The van der Waals surface area contributed by atoms with Gasteiger partial charge in [-0.2, -0.15) is 0 Å². The monoisotopic (exact) mass is 368 g/mol. The zero-order valence-corrected chi connectivity index (χ0v) is 16.6. The van der Waals surface area contributed by atoms with Gasteiger partial charge in [0.15, 0.2) is 5.78 Å². The van der Waals surface area contributed by atoms with Gasteiger partial charge in [-0.25, -0.2) is 0 Å². The summed E-state index contributed by atoms with van der Waals surface area (Å²) in [6, 6.07) is 11.4. The van der Waals surface area contributed by atoms with E-state index in [1.54, 1.807) is 24.3 Å². The average Bonchev–Trinajstić information content (AvgIpc) is 2.68. The number of hydrogen-bond acceptors (Lipinski definition) is 4. The number of hydrogen-bond donors (Lipinski definition) is 0. The molecule has 144 valence electrons. The maximum absolute atomic E-state index is 12.8. The predicted octanol–water partition coefficient (Wildman–Crippen LogP) is 5.34. The van der Waals surface area contributed by atoms with Gasteiger partial charge in [0.2, 0.25) is 0 Å². The van der Waals surface area contributed by atoms with Crippen molar-refractivity contribution in [2.24, 2.45) is 0 Å². The summed E-state index contributed by atoms with van der Waals surface area (Å²) in [5.41, 5.74) is 2.58. The second-order valence-electron chi connectivity index (χ2n) is 5.88. The molecule has 0 aliphatic carbocycles. The van der Waals surface area contributed by atoms with Crippen LogP contribution in [0.1, 0.15) is 49.2 Å². The van der Waals surface area contributed by atoms with Gasteiger partial charge in [-0.3, -0.25) is 4.79 Å². The van der Waals surface area contributed by atoms with E-state index in [0.717, 1.165) is 17.7 Å². The summed E-state index contributed by atoms with van der Waals surface area (Å²) in [6.45, 7) is 9.45. The largest absolute Gasteiger partial charge is 0.494 e. The molecule has 27 heavy (non-hydrogen) atoms. The lowest BCUT2D eigenvalue weighted by molar-refractivity contribution is 0.104. The summed E-state index contributed by atoms with van der Waals surface area (Å²) in [5.74, 6) is 1.85. The minimum atomic E-state index is -0.135. The van der Waals surface area contributed by atoms with E-state index in [1.807, 2.05) is 39.0 Å². The SMILES string of the molecule is CCOc1ccc(OCC)c(C(=O)/C=C/c2cc(CC)ccc2OCC)c1. The standard InChI is InChI=1S/C23H28O4/c1-5-17-9-13-22(26-7-3)18(15-17)10-12-21(24)20-16-19(25-6-2)11-14-23(20)27-8-4/h9-16H,5-8H2,1-4H3/b12-10+. The van der Waals surface area contributed by atoms with Gasteiger partial charge in [0.05, 0.1) is 25.4 Å². The molecule has 0 bridgehead atoms. The lowest BCUT2D eigenvalue weighted by atomic mass is 10.0. The molecule has 2 aromatic rings. The molecule has 0 spiro atoms. The maximum Gasteiger partial charge on any atom is 0.189 e. The molecule has 0 saturated carbocycles. The van der Waals surface area contributed by atoms with Crippen LogP contribution in [0.15, 0.2) is 42.5 Å². The molecule has 0 heterocycles. The van der Waals surface area contributed by atoms with Crippen LogP contribution in [-0.2, 0) is 6.42 Å². The molecule has 0 unspecified atom stereocenters. The fraction of sp³-hybridized carbons (Fsp3) is 0.348. The molecule has 0 radical (unpaired) electrons. The molecule has 0 atom stereocenters. The van der Waals surface area contributed by atoms with Crippen molar-refractivity contribution in [2.45, 2.75) is 34.1 Å². The number of carbonyl (C=O) groups is 1. The van der Waals surface area contributed by atoms with E-state index in [2.05, 4.69) is 13.0 Å². The van der Waals surface area contributed by atoms with E-state index in [9.17, 15) is 4.79 Å². The molecule has 0 N–H and O–H groups in total. The molecule has 4 nitrogen and oxygen atoms in total. The van der Waals surface area contributed by atoms with Crippen molar-refractivity contribution in [3.63, 3.8) is 0 Å². The van der Waals surface area contributed by atoms with Gasteiger partial charge in [-0.15, -0.1) is 0 Å². The summed E-state index contributed by atoms with van der Waals surface area (Å²) in [4.78, 5) is 12.8. The third-order valence-corrected chi connectivity index (χ3v) is 4.02. The number of benzene rings is 2. The highest BCUT2D eigenvalue weighted by Crippen LogP contribution is 2.27. The van der Waals surface area contributed by atoms with Crippen molar-refractivity contribution in [3.8, 4) is 17.2 Å². The first-order valence-corrected chi connectivity index (χ1v) is 9.50. The second kappa shape index (κ2) is 10.4. The maximum atomic E-state index is 12.8. The van der Waals surface area contributed by atoms with Gasteiger partial charge in [0.25, 0.3) is 0 Å². The van der Waals surface area contributed by atoms with Crippen LogP contribution in [-0.4, -0.2) is 25.6 Å². The van der Waals surface area contributed by atoms with Gasteiger partial charge >= 0.3 is 0 Å². The van der Waals surface area contributed by atoms with Crippen LogP contribution in [0.5, 0.6) is 17.2 Å². The quantitative estimate of drug-likeness (QED) is 0.419. The van der Waals surface area contributed by atoms with E-state index < -0.39 is 0 Å². The van der Waals surface area contributed by atoms with Crippen molar-refractivity contribution in [1.82, 2.24) is 0 Å². The van der Waals surface area contributed by atoms with Gasteiger partial charge in [0, 0.05) is 5.56 Å². The van der Waals surface area contributed by atoms with Crippen LogP contribution >= 0.6 is 0 Å². The number of carbonyl (C=O) groups excluding carboxylic acids is 1. The molecular weight excluding hydrogens is 340 g/mol. The van der Waals surface area contributed by atoms with Crippen LogP contribution in [0, 0.1) is 0 Å². The Kier molecular flexibility index (Phi) is 7.93. The van der Waals surface area contributed by atoms with Crippen LogP contribution < -0.4 is 14.2 Å². The highest BCUT2D eigenvalue weighted by molar-refractivity contribution is 6.09. The summed E-state index contributed by atoms with van der Waals surface area (Å²) in [5, 5.41) is 0. The Morgan fingerprint density at radius 2 is 1.52 bits per heavy atom. The Balaban J connectivity index is 2.34. The minimum Gasteiger partial charge on any atom is -0.494 e. The van der Waals surface area contributed by atoms with Crippen LogP contribution in [0.4, 0.5) is 0 Å². The molecule has 0 aliphatic heterocycles. The summed E-state index contributed by atoms with van der Waals surface area (Å²) < 4.78 is 16.8. The topological polar surface area (TPSA) is 44.8 Å². The highest BCUT2D eigenvalue weighted by atomic mass is 16.5. The molecule has 4 heteroatoms. The first-order chi connectivity index (χ1) is 13.1. The predicted molar refractivity (Wildman–Crippen MR) is 109 cm³/mol. The molecule has 0 aromatic heterocycles. The molecule has 0 saturated heterocycles. The highest BCUT2D eigenvalue weighted by Gasteiger charge is 2.12. The fourth-order valence-corrected chi connectivity index (χ4v) is 2.73. The number of rotatable bonds is 10. The van der Waals surface area contributed by atoms with Crippen LogP contribution in [0.3, 0.4) is 0 Å². The molecule has 0 aliphatic rings. The Bertz CT molecular complexity index is 793. The lowest BCUT2D eigenvalue weighted by Crippen LogP contribution is -2.03. The Morgan fingerprint density at radius 3 is 2.19 bits per heavy atom. The van der Waals surface area contributed by atoms with Crippen molar-refractivity contribution in [2.75, 3.05) is 19.8 Å². The van der Waals surface area contributed by atoms with Crippen molar-refractivity contribution >= 4 is 11.9 Å². The molecular formula is C23H28O4. The Morgan fingerprint density at radius 1 is 0.852 bits per heavy atom. The van der Waals surface area contributed by atoms with Gasteiger partial charge in [-0.1, -0.05) is 13.0 Å². The van der Waals surface area contributed by atoms with Crippen molar-refractivity contribution in [1.29, 1.82) is 0 Å². The van der Waals surface area contributed by atoms with E-state index in [0.29, 0.717) is 36.9 Å². The van der Waals surface area contributed by atoms with E-state index in [-0.39, 0.29) is 5.78 Å². The molecule has 0 amide bonds. The zero-order valence-electron chi connectivity index (χ0n) is 16.6. The zero-order chi connectivity index (χ0) is 19.6. The van der Waals surface area contributed by atoms with Crippen LogP contribution in [0.25, 0.3) is 6.08 Å². The fourth-order valence-electron chi connectivity index (χ4n) is 2.73. The lowest BCUT2D eigenvalue weighted by Gasteiger charge is -2.11. The van der Waals surface area contributed by atoms with Crippen molar-refractivity contribution < 1.29 is 19.0 Å². The van der Waals surface area contributed by atoms with Gasteiger partial charge in [-0.05, 0) is 75.2 Å². The molecule has 2 aromatic carbocycles. The third kappa shape index (κ3) is 5.61. The van der Waals surface area contributed by atoms with Gasteiger partial charge in [0.1, 0.15) is 17.2 Å². The van der Waals surface area contributed by atoms with Crippen molar-refractivity contribution in [3.05, 3.63) is 59.2 Å². The van der Waals surface area contributed by atoms with Gasteiger partial charge < -0.3 is 14.2 Å². The first-order valence-electron chi connectivity index (χ1n) is 9.50. The normalized spacial score (nSPS) is 10.8. The number of allylic oxidation sites excluding steroid dienone is 1. The third-order valence-electron chi connectivity index (χ3n) is 4.02. The van der Waals surface area contributed by atoms with E-state index in [4.69, 9.17) is 14.2 Å². The average molecular weight is 368 g/mol. The molecule has 2 rings (SSSR count). The second-order valence-corrected chi connectivity index (χ2v) is 5.88. The summed E-state index contributed by atoms with van der Waals surface area (Å²) in [6.07, 6.45) is 4.28. The first kappa shape index (κ1) is 20.6. The number of ketones is 1. The Hall–Kier alpha value is -2.75. The van der Waals surface area contributed by atoms with E-state index >= 15 is 0 Å². The Labute approximate surface area is 161 Å². The molecule has 0 fully saturated rings. The van der Waals surface area contributed by atoms with Crippen LogP contribution in [0.2, 0.25) is 0 Å². The smallest absolute Gasteiger partial charge is 0.189 e. The summed E-state index contributed by atoms with van der Waals surface area (Å²) in [7, 11) is 0. The minimum absolute atomic E-state index is 0.135. The number of aryl methyl sites for hydroxylation is 1. The number of ether oxygens (including phenoxy) is 3.